The Morgan fingerprint density at radius 3 is 2.09 bits per heavy atom. The second-order valence-corrected chi connectivity index (χ2v) is 9.66. The summed E-state index contributed by atoms with van der Waals surface area (Å²) in [5.41, 5.74) is 10.5. The number of nitrogens with zero attached hydrogens (tertiary/aromatic N) is 1. The quantitative estimate of drug-likeness (QED) is 0.300. The van der Waals surface area contributed by atoms with Gasteiger partial charge >= 0.3 is 0 Å². The smallest absolute Gasteiger partial charge is 0.249 e. The van der Waals surface area contributed by atoms with Gasteiger partial charge in [-0.05, 0) is 58.5 Å². The minimum atomic E-state index is 0.244. The highest BCUT2D eigenvalue weighted by Crippen LogP contribution is 2.41. The van der Waals surface area contributed by atoms with Crippen LogP contribution in [0.5, 0.6) is 0 Å². The Labute approximate surface area is 198 Å². The highest BCUT2D eigenvalue weighted by Gasteiger charge is 2.40. The minimum absolute atomic E-state index is 0.244. The van der Waals surface area contributed by atoms with Gasteiger partial charge in [-0.3, -0.25) is 0 Å². The number of fused-ring (bicyclic) bond motifs is 4. The van der Waals surface area contributed by atoms with Crippen LogP contribution in [-0.2, 0) is 0 Å². The molecule has 5 aromatic rings. The predicted octanol–water partition coefficient (Wildman–Crippen LogP) is 6.12. The summed E-state index contributed by atoms with van der Waals surface area (Å²) in [5.74, 6) is 0. The van der Waals surface area contributed by atoms with Crippen LogP contribution in [0.3, 0.4) is 0 Å². The summed E-state index contributed by atoms with van der Waals surface area (Å²) >= 11 is 1.90. The first-order valence-electron chi connectivity index (χ1n) is 11.3. The second-order valence-electron chi connectivity index (χ2n) is 8.57. The van der Waals surface area contributed by atoms with E-state index in [0.29, 0.717) is 0 Å². The summed E-state index contributed by atoms with van der Waals surface area (Å²) in [6, 6.07) is 44.1. The molecule has 2 aliphatic heterocycles. The third-order valence-electron chi connectivity index (χ3n) is 6.73. The van der Waals surface area contributed by atoms with Crippen molar-refractivity contribution in [2.24, 2.45) is 0 Å². The average Bonchev–Trinajstić information content (AvgIpc) is 2.89. The van der Waals surface area contributed by atoms with Crippen LogP contribution in [0.15, 0.2) is 131 Å². The van der Waals surface area contributed by atoms with Crippen LogP contribution in [-0.4, -0.2) is 6.71 Å². The van der Waals surface area contributed by atoms with E-state index >= 15 is 0 Å². The monoisotopic (exact) mass is 437 g/mol. The predicted molar refractivity (Wildman–Crippen MR) is 142 cm³/mol. The molecular formula is C30H20BNS. The number of para-hydroxylation sites is 2. The van der Waals surface area contributed by atoms with Crippen molar-refractivity contribution in [1.82, 2.24) is 0 Å². The average molecular weight is 437 g/mol. The van der Waals surface area contributed by atoms with E-state index in [-0.39, 0.29) is 6.71 Å². The van der Waals surface area contributed by atoms with E-state index in [4.69, 9.17) is 0 Å². The maximum Gasteiger partial charge on any atom is 0.249 e. The highest BCUT2D eigenvalue weighted by atomic mass is 32.2. The Kier molecular flexibility index (Phi) is 4.24. The summed E-state index contributed by atoms with van der Waals surface area (Å²) in [5, 5.41) is 0. The third kappa shape index (κ3) is 2.89. The van der Waals surface area contributed by atoms with E-state index in [1.807, 2.05) is 11.8 Å². The summed E-state index contributed by atoms with van der Waals surface area (Å²) in [7, 11) is 0. The van der Waals surface area contributed by atoms with Gasteiger partial charge in [0.15, 0.2) is 0 Å². The van der Waals surface area contributed by atoms with Gasteiger partial charge in [-0.2, -0.15) is 0 Å². The molecule has 0 atom stereocenters. The van der Waals surface area contributed by atoms with Crippen LogP contribution in [0.4, 0.5) is 17.1 Å². The molecule has 0 N–H and O–H groups in total. The number of benzene rings is 5. The summed E-state index contributed by atoms with van der Waals surface area (Å²) < 4.78 is 0. The van der Waals surface area contributed by atoms with Crippen molar-refractivity contribution < 1.29 is 0 Å². The maximum absolute atomic E-state index is 2.43. The van der Waals surface area contributed by atoms with Crippen molar-refractivity contribution in [3.8, 4) is 11.1 Å². The highest BCUT2D eigenvalue weighted by molar-refractivity contribution is 8.00. The van der Waals surface area contributed by atoms with Crippen LogP contribution < -0.4 is 21.3 Å². The fourth-order valence-corrected chi connectivity index (χ4v) is 6.50. The van der Waals surface area contributed by atoms with Crippen LogP contribution in [0, 0.1) is 0 Å². The van der Waals surface area contributed by atoms with Crippen molar-refractivity contribution in [2.75, 3.05) is 4.90 Å². The fraction of sp³-hybridized carbons (Fsp3) is 0. The van der Waals surface area contributed by atoms with Gasteiger partial charge in [-0.1, -0.05) is 102 Å². The molecule has 0 amide bonds. The van der Waals surface area contributed by atoms with Crippen LogP contribution >= 0.6 is 11.8 Å². The lowest BCUT2D eigenvalue weighted by molar-refractivity contribution is 1.27. The zero-order chi connectivity index (χ0) is 21.8. The van der Waals surface area contributed by atoms with Gasteiger partial charge in [0.25, 0.3) is 0 Å². The zero-order valence-corrected chi connectivity index (χ0v) is 18.8. The summed E-state index contributed by atoms with van der Waals surface area (Å²) in [4.78, 5) is 5.13. The summed E-state index contributed by atoms with van der Waals surface area (Å²) in [6.07, 6.45) is 0. The molecule has 0 saturated carbocycles. The SMILES string of the molecule is c1ccc(-c2ccc3c(c2)Sc2cccc4c2B3c2ccccc2N4c2ccccc2)cc1. The van der Waals surface area contributed by atoms with Crippen molar-refractivity contribution in [3.05, 3.63) is 121 Å². The van der Waals surface area contributed by atoms with E-state index < -0.39 is 0 Å². The molecule has 5 aromatic carbocycles. The molecule has 1 nitrogen and oxygen atoms in total. The molecule has 0 fully saturated rings. The van der Waals surface area contributed by atoms with Crippen LogP contribution in [0.2, 0.25) is 0 Å². The van der Waals surface area contributed by atoms with Gasteiger partial charge in [0.1, 0.15) is 0 Å². The second kappa shape index (κ2) is 7.43. The number of hydrogen-bond donors (Lipinski definition) is 0. The lowest BCUT2D eigenvalue weighted by atomic mass is 9.35. The Morgan fingerprint density at radius 2 is 1.24 bits per heavy atom. The Morgan fingerprint density at radius 1 is 0.515 bits per heavy atom. The van der Waals surface area contributed by atoms with Crippen molar-refractivity contribution in [3.63, 3.8) is 0 Å². The molecule has 7 rings (SSSR count). The Balaban J connectivity index is 1.46. The van der Waals surface area contributed by atoms with Crippen LogP contribution in [0.25, 0.3) is 11.1 Å². The van der Waals surface area contributed by atoms with Crippen molar-refractivity contribution in [2.45, 2.75) is 9.79 Å². The Hall–Kier alpha value is -3.69. The minimum Gasteiger partial charge on any atom is -0.311 e. The molecule has 33 heavy (non-hydrogen) atoms. The molecule has 0 aromatic heterocycles. The van der Waals surface area contributed by atoms with Gasteiger partial charge in [0.2, 0.25) is 6.71 Å². The molecule has 2 heterocycles. The molecular weight excluding hydrogens is 417 g/mol. The molecule has 0 aliphatic carbocycles. The number of hydrogen-bond acceptors (Lipinski definition) is 2. The fourth-order valence-electron chi connectivity index (χ4n) is 5.30. The third-order valence-corrected chi connectivity index (χ3v) is 7.88. The first kappa shape index (κ1) is 18.8. The van der Waals surface area contributed by atoms with E-state index in [1.54, 1.807) is 0 Å². The standard InChI is InChI=1S/C30H20BNS/c1-3-10-21(11-4-1)22-18-19-25-29(20-22)33-28-17-9-16-27-30(28)31(25)24-14-7-8-15-26(24)32(27)23-12-5-2-6-13-23/h1-20H. The topological polar surface area (TPSA) is 3.24 Å². The maximum atomic E-state index is 2.43. The lowest BCUT2D eigenvalue weighted by Crippen LogP contribution is -2.59. The van der Waals surface area contributed by atoms with E-state index in [9.17, 15) is 0 Å². The van der Waals surface area contributed by atoms with Gasteiger partial charge in [0.05, 0.1) is 0 Å². The van der Waals surface area contributed by atoms with Gasteiger partial charge < -0.3 is 4.90 Å². The van der Waals surface area contributed by atoms with Gasteiger partial charge in [0, 0.05) is 26.9 Å². The lowest BCUT2D eigenvalue weighted by Gasteiger charge is -2.40. The van der Waals surface area contributed by atoms with E-state index in [1.165, 1.54) is 54.4 Å². The first-order valence-corrected chi connectivity index (χ1v) is 12.1. The molecule has 0 bridgehead atoms. The molecule has 0 saturated heterocycles. The molecule has 3 heteroatoms. The summed E-state index contributed by atoms with van der Waals surface area (Å²) in [6.45, 7) is 0.244. The number of rotatable bonds is 2. The Bertz CT molecular complexity index is 1500. The van der Waals surface area contributed by atoms with Gasteiger partial charge in [-0.15, -0.1) is 0 Å². The van der Waals surface area contributed by atoms with E-state index in [2.05, 4.69) is 126 Å². The molecule has 2 aliphatic rings. The largest absolute Gasteiger partial charge is 0.311 e. The van der Waals surface area contributed by atoms with Crippen LogP contribution in [0.1, 0.15) is 0 Å². The van der Waals surface area contributed by atoms with Crippen molar-refractivity contribution in [1.29, 1.82) is 0 Å². The van der Waals surface area contributed by atoms with Crippen molar-refractivity contribution >= 4 is 51.9 Å². The zero-order valence-electron chi connectivity index (χ0n) is 18.0. The normalized spacial score (nSPS) is 13.2. The molecule has 0 unspecified atom stereocenters. The van der Waals surface area contributed by atoms with Gasteiger partial charge in [-0.25, -0.2) is 0 Å². The molecule has 0 radical (unpaired) electrons. The van der Waals surface area contributed by atoms with E-state index in [0.717, 1.165) is 0 Å². The first-order chi connectivity index (χ1) is 16.4. The molecule has 154 valence electrons. The number of anilines is 3. The molecule has 0 spiro atoms.